The Hall–Kier alpha value is -1.22. The molecule has 0 bridgehead atoms. The third-order valence-electron chi connectivity index (χ3n) is 3.98. The molecule has 0 aromatic carbocycles. The number of aliphatic hydroxyl groups is 2. The van der Waals surface area contributed by atoms with Crippen LogP contribution in [-0.2, 0) is 31.6 Å². The molecule has 1 saturated heterocycles. The van der Waals surface area contributed by atoms with Crippen LogP contribution in [0.2, 0.25) is 0 Å². The second kappa shape index (κ2) is 8.61. The highest BCUT2D eigenvalue weighted by Crippen LogP contribution is 2.66. The molecule has 1 aliphatic heterocycles. The summed E-state index contributed by atoms with van der Waals surface area (Å²) in [5.41, 5.74) is -0.366. The van der Waals surface area contributed by atoms with Gasteiger partial charge in [-0.15, -0.1) is 0 Å². The second-order valence-corrected chi connectivity index (χ2v) is 10.6. The summed E-state index contributed by atoms with van der Waals surface area (Å²) in [6.45, 7) is -0.999. The van der Waals surface area contributed by atoms with Gasteiger partial charge in [0.2, 0.25) is 0 Å². The number of fused-ring (bicyclic) bond motifs is 1. The van der Waals surface area contributed by atoms with Crippen molar-refractivity contribution in [1.82, 2.24) is 4.57 Å². The van der Waals surface area contributed by atoms with Gasteiger partial charge in [-0.3, -0.25) is 13.9 Å². The van der Waals surface area contributed by atoms with Crippen molar-refractivity contribution in [2.75, 3.05) is 6.61 Å². The van der Waals surface area contributed by atoms with Crippen LogP contribution in [0.4, 0.5) is 0 Å². The van der Waals surface area contributed by atoms with E-state index in [0.717, 1.165) is 4.57 Å². The fraction of sp³-hybridized carbons (Fsp3) is 0.417. The number of nitrogens with zero attached hydrogens (tertiary/aromatic N) is 1. The number of aliphatic hydroxyl groups excluding tert-OH is 2. The van der Waals surface area contributed by atoms with E-state index in [-0.39, 0.29) is 11.0 Å². The number of rotatable bonds is 8. The molecule has 1 aliphatic rings. The molecule has 19 heteroatoms. The van der Waals surface area contributed by atoms with E-state index in [1.807, 2.05) is 0 Å². The highest BCUT2D eigenvalue weighted by Gasteiger charge is 2.46. The van der Waals surface area contributed by atoms with Crippen LogP contribution in [-0.4, -0.2) is 59.3 Å². The molecule has 2 aromatic rings. The number of furan rings is 1. The maximum Gasteiger partial charge on any atom is 0.490 e. The Morgan fingerprint density at radius 2 is 1.68 bits per heavy atom. The molecule has 6 N–H and O–H groups in total. The highest BCUT2D eigenvalue weighted by molar-refractivity contribution is 7.66. The van der Waals surface area contributed by atoms with Crippen molar-refractivity contribution >= 4 is 34.4 Å². The fourth-order valence-electron chi connectivity index (χ4n) is 2.75. The molecular weight excluding hydrogens is 491 g/mol. The zero-order chi connectivity index (χ0) is 23.2. The lowest BCUT2D eigenvalue weighted by atomic mass is 10.1. The van der Waals surface area contributed by atoms with Gasteiger partial charge in [-0.05, 0) is 12.1 Å². The molecule has 0 radical (unpaired) electrons. The predicted octanol–water partition coefficient (Wildman–Crippen LogP) is -0.443. The number of pyridine rings is 1. The number of hydrogen-bond acceptors (Lipinski definition) is 11. The molecular formula is C12H16NO15P3. The van der Waals surface area contributed by atoms with Crippen molar-refractivity contribution in [3.63, 3.8) is 0 Å². The van der Waals surface area contributed by atoms with Crippen LogP contribution in [0.15, 0.2) is 33.8 Å². The Labute approximate surface area is 171 Å². The standard InChI is InChI=1S/C12H16NO15P3/c14-9-8(5-25-30(20,21)28-31(22,23)27-29(17,18)19)26-12(10(9)15)13-3-1-7-6(11(13)16)2-4-24-7/h1-4,8-10,12,14-15H,5H2,(H,20,21)(H,22,23)(H2,17,18,19)/t8-,9-,10-,12-/m1/s1. The molecule has 0 aliphatic carbocycles. The van der Waals surface area contributed by atoms with Crippen LogP contribution in [0, 0.1) is 0 Å². The maximum absolute atomic E-state index is 12.5. The van der Waals surface area contributed by atoms with Gasteiger partial charge < -0.3 is 38.9 Å². The van der Waals surface area contributed by atoms with Gasteiger partial charge in [0, 0.05) is 6.20 Å². The molecule has 3 rings (SSSR count). The zero-order valence-corrected chi connectivity index (χ0v) is 17.7. The summed E-state index contributed by atoms with van der Waals surface area (Å²) in [6.07, 6.45) is -3.88. The summed E-state index contributed by atoms with van der Waals surface area (Å²) >= 11 is 0. The summed E-state index contributed by atoms with van der Waals surface area (Å²) in [7, 11) is -16.7. The Kier molecular flexibility index (Phi) is 6.79. The molecule has 1 fully saturated rings. The van der Waals surface area contributed by atoms with Crippen molar-refractivity contribution in [1.29, 1.82) is 0 Å². The van der Waals surface area contributed by atoms with Gasteiger partial charge in [-0.2, -0.15) is 8.62 Å². The minimum atomic E-state index is -5.72. The van der Waals surface area contributed by atoms with Crippen LogP contribution in [0.3, 0.4) is 0 Å². The topological polar surface area (TPSA) is 245 Å². The Morgan fingerprint density at radius 3 is 2.32 bits per heavy atom. The number of aromatic nitrogens is 1. The fourth-order valence-corrected chi connectivity index (χ4v) is 5.78. The lowest BCUT2D eigenvalue weighted by Crippen LogP contribution is -2.35. The summed E-state index contributed by atoms with van der Waals surface area (Å²) in [5, 5.41) is 20.5. The predicted molar refractivity (Wildman–Crippen MR) is 96.2 cm³/mol. The van der Waals surface area contributed by atoms with Crippen LogP contribution in [0.5, 0.6) is 0 Å². The van der Waals surface area contributed by atoms with E-state index in [1.165, 1.54) is 24.6 Å². The lowest BCUT2D eigenvalue weighted by Gasteiger charge is -2.19. The normalized spacial score (nSPS) is 28.5. The molecule has 31 heavy (non-hydrogen) atoms. The van der Waals surface area contributed by atoms with Gasteiger partial charge in [-0.1, -0.05) is 0 Å². The van der Waals surface area contributed by atoms with Gasteiger partial charge in [0.05, 0.1) is 18.3 Å². The zero-order valence-electron chi connectivity index (χ0n) is 15.0. The first-order valence-electron chi connectivity index (χ1n) is 8.07. The highest BCUT2D eigenvalue weighted by atomic mass is 31.3. The number of ether oxygens (including phenoxy) is 1. The van der Waals surface area contributed by atoms with Crippen LogP contribution in [0.1, 0.15) is 6.23 Å². The maximum atomic E-state index is 12.5. The Bertz CT molecular complexity index is 1150. The third kappa shape index (κ3) is 5.78. The molecule has 0 saturated carbocycles. The quantitative estimate of drug-likeness (QED) is 0.248. The second-order valence-electron chi connectivity index (χ2n) is 6.16. The van der Waals surface area contributed by atoms with E-state index in [4.69, 9.17) is 23.8 Å². The number of hydrogen-bond donors (Lipinski definition) is 6. The molecule has 0 spiro atoms. The van der Waals surface area contributed by atoms with Crippen LogP contribution >= 0.6 is 23.5 Å². The van der Waals surface area contributed by atoms with Crippen LogP contribution < -0.4 is 5.56 Å². The van der Waals surface area contributed by atoms with Crippen molar-refractivity contribution in [3.8, 4) is 0 Å². The average molecular weight is 507 g/mol. The van der Waals surface area contributed by atoms with Crippen molar-refractivity contribution < 1.29 is 65.8 Å². The summed E-state index contributed by atoms with van der Waals surface area (Å²) in [4.78, 5) is 48.0. The molecule has 6 atom stereocenters. The van der Waals surface area contributed by atoms with E-state index >= 15 is 0 Å². The van der Waals surface area contributed by atoms with E-state index in [1.54, 1.807) is 0 Å². The minimum Gasteiger partial charge on any atom is -0.464 e. The van der Waals surface area contributed by atoms with E-state index < -0.39 is 60.2 Å². The van der Waals surface area contributed by atoms with E-state index in [2.05, 4.69) is 13.1 Å². The number of phosphoric ester groups is 1. The van der Waals surface area contributed by atoms with Gasteiger partial charge in [0.25, 0.3) is 5.56 Å². The van der Waals surface area contributed by atoms with Gasteiger partial charge in [-0.25, -0.2) is 13.7 Å². The molecule has 174 valence electrons. The Balaban J connectivity index is 1.69. The van der Waals surface area contributed by atoms with E-state index in [0.29, 0.717) is 0 Å². The summed E-state index contributed by atoms with van der Waals surface area (Å²) < 4.78 is 56.5. The first-order chi connectivity index (χ1) is 14.2. The van der Waals surface area contributed by atoms with Gasteiger partial charge in [0.15, 0.2) is 6.23 Å². The molecule has 2 aromatic heterocycles. The van der Waals surface area contributed by atoms with Crippen molar-refractivity contribution in [2.24, 2.45) is 0 Å². The van der Waals surface area contributed by atoms with Gasteiger partial charge in [0.1, 0.15) is 23.9 Å². The summed E-state index contributed by atoms with van der Waals surface area (Å²) in [5.74, 6) is 0. The van der Waals surface area contributed by atoms with Crippen molar-refractivity contribution in [3.05, 3.63) is 34.9 Å². The molecule has 16 nitrogen and oxygen atoms in total. The molecule has 0 amide bonds. The first-order valence-corrected chi connectivity index (χ1v) is 12.6. The SMILES string of the molecule is O=c1c2ccoc2ccn1[C@@H]1O[C@H](COP(=O)(O)OP(=O)(O)OP(=O)(O)O)[C@@H](O)[C@H]1O. The lowest BCUT2D eigenvalue weighted by molar-refractivity contribution is -0.0533. The molecule has 2 unspecified atom stereocenters. The van der Waals surface area contributed by atoms with E-state index in [9.17, 15) is 33.6 Å². The van der Waals surface area contributed by atoms with Gasteiger partial charge >= 0.3 is 23.5 Å². The first kappa shape index (κ1) is 24.4. The average Bonchev–Trinajstić information content (AvgIpc) is 3.17. The molecule has 3 heterocycles. The largest absolute Gasteiger partial charge is 0.490 e. The summed E-state index contributed by atoms with van der Waals surface area (Å²) in [6, 6.07) is 2.78. The van der Waals surface area contributed by atoms with Crippen LogP contribution in [0.25, 0.3) is 11.0 Å². The number of phosphoric acid groups is 3. The third-order valence-corrected chi connectivity index (χ3v) is 7.78. The monoisotopic (exact) mass is 507 g/mol. The Morgan fingerprint density at radius 1 is 1.00 bits per heavy atom. The minimum absolute atomic E-state index is 0.157. The smallest absolute Gasteiger partial charge is 0.464 e. The van der Waals surface area contributed by atoms with Crippen molar-refractivity contribution in [2.45, 2.75) is 24.5 Å².